The summed E-state index contributed by atoms with van der Waals surface area (Å²) in [5.74, 6) is 1.23. The number of nitrogens with zero attached hydrogens (tertiary/aromatic N) is 3. The number of nitrogens with one attached hydrogen (secondary N) is 1. The van der Waals surface area contributed by atoms with Crippen LogP contribution in [0.3, 0.4) is 0 Å². The summed E-state index contributed by atoms with van der Waals surface area (Å²) in [7, 11) is 1.71. The van der Waals surface area contributed by atoms with E-state index in [4.69, 9.17) is 16.3 Å². The van der Waals surface area contributed by atoms with Gasteiger partial charge in [0.1, 0.15) is 12.4 Å². The third-order valence-corrected chi connectivity index (χ3v) is 4.17. The zero-order valence-corrected chi connectivity index (χ0v) is 15.8. The summed E-state index contributed by atoms with van der Waals surface area (Å²) < 4.78 is 7.39. The number of carbonyl (C=O) groups is 1. The number of halogens is 1. The van der Waals surface area contributed by atoms with Crippen molar-refractivity contribution in [2.24, 2.45) is 0 Å². The van der Waals surface area contributed by atoms with Gasteiger partial charge in [0, 0.05) is 24.3 Å². The second-order valence-electron chi connectivity index (χ2n) is 6.04. The minimum absolute atomic E-state index is 0.236. The topological polar surface area (TPSA) is 59.4 Å². The molecule has 7 heteroatoms. The molecular weight excluding hydrogens is 364 g/mol. The van der Waals surface area contributed by atoms with Gasteiger partial charge in [-0.3, -0.25) is 10.00 Å². The lowest BCUT2D eigenvalue weighted by Crippen LogP contribution is -2.34. The first-order chi connectivity index (χ1) is 13.1. The van der Waals surface area contributed by atoms with Gasteiger partial charge in [-0.15, -0.1) is 0 Å². The molecule has 140 valence electrons. The van der Waals surface area contributed by atoms with E-state index in [1.165, 1.54) is 0 Å². The highest BCUT2D eigenvalue weighted by Gasteiger charge is 2.10. The van der Waals surface area contributed by atoms with Crippen molar-refractivity contribution in [3.8, 4) is 5.75 Å². The summed E-state index contributed by atoms with van der Waals surface area (Å²) in [6.45, 7) is 1.48. The van der Waals surface area contributed by atoms with E-state index in [1.54, 1.807) is 47.0 Å². The van der Waals surface area contributed by atoms with Gasteiger partial charge in [-0.25, -0.2) is 4.79 Å². The first-order valence-corrected chi connectivity index (χ1v) is 8.96. The van der Waals surface area contributed by atoms with Crippen molar-refractivity contribution in [2.75, 3.05) is 25.5 Å². The lowest BCUT2D eigenvalue weighted by molar-refractivity contribution is 0.207. The largest absolute Gasteiger partial charge is 0.492 e. The van der Waals surface area contributed by atoms with Crippen molar-refractivity contribution in [3.63, 3.8) is 0 Å². The van der Waals surface area contributed by atoms with Gasteiger partial charge in [0.25, 0.3) is 0 Å². The van der Waals surface area contributed by atoms with Gasteiger partial charge in [-0.1, -0.05) is 41.9 Å². The van der Waals surface area contributed by atoms with Crippen LogP contribution in [0.25, 0.3) is 0 Å². The maximum Gasteiger partial charge on any atom is 0.322 e. The number of urea groups is 1. The first kappa shape index (κ1) is 18.8. The zero-order chi connectivity index (χ0) is 19.1. The number of carbonyl (C=O) groups excluding carboxylic acids is 1. The average Bonchev–Trinajstić information content (AvgIpc) is 3.10. The summed E-state index contributed by atoms with van der Waals surface area (Å²) in [4.78, 5) is 13.8. The third kappa shape index (κ3) is 5.76. The summed E-state index contributed by atoms with van der Waals surface area (Å²) in [5, 5.41) is 7.82. The molecule has 27 heavy (non-hydrogen) atoms. The average molecular weight is 385 g/mol. The zero-order valence-electron chi connectivity index (χ0n) is 15.0. The predicted octanol–water partition coefficient (Wildman–Crippen LogP) is 4.13. The fraction of sp³-hybridized carbons (Fsp3) is 0.200. The number of hydrogen-bond donors (Lipinski definition) is 1. The van der Waals surface area contributed by atoms with E-state index < -0.39 is 0 Å². The van der Waals surface area contributed by atoms with E-state index in [0.717, 1.165) is 5.56 Å². The SMILES string of the molecule is CN(CCOc1ccc(Cl)cc1)C(=O)Nc1ccn(Cc2ccccc2)n1. The Bertz CT molecular complexity index is 865. The van der Waals surface area contributed by atoms with E-state index in [1.807, 2.05) is 36.5 Å². The number of aromatic nitrogens is 2. The van der Waals surface area contributed by atoms with Crippen LogP contribution >= 0.6 is 11.6 Å². The molecule has 0 aliphatic heterocycles. The molecule has 0 aliphatic rings. The molecule has 1 aromatic heterocycles. The summed E-state index contributed by atoms with van der Waals surface area (Å²) in [6.07, 6.45) is 1.84. The van der Waals surface area contributed by atoms with Crippen LogP contribution in [0.4, 0.5) is 10.6 Å². The molecular formula is C20H21ClN4O2. The van der Waals surface area contributed by atoms with Crippen molar-refractivity contribution >= 4 is 23.4 Å². The molecule has 0 unspecified atom stereocenters. The molecule has 3 aromatic rings. The van der Waals surface area contributed by atoms with E-state index in [9.17, 15) is 4.79 Å². The highest BCUT2D eigenvalue weighted by Crippen LogP contribution is 2.15. The van der Waals surface area contributed by atoms with Gasteiger partial charge in [0.2, 0.25) is 0 Å². The molecule has 0 atom stereocenters. The van der Waals surface area contributed by atoms with Crippen LogP contribution < -0.4 is 10.1 Å². The molecule has 6 nitrogen and oxygen atoms in total. The van der Waals surface area contributed by atoms with Crippen LogP contribution in [0.2, 0.25) is 5.02 Å². The molecule has 0 saturated heterocycles. The number of rotatable bonds is 7. The number of ether oxygens (including phenoxy) is 1. The van der Waals surface area contributed by atoms with Gasteiger partial charge < -0.3 is 9.64 Å². The predicted molar refractivity (Wildman–Crippen MR) is 106 cm³/mol. The van der Waals surface area contributed by atoms with Crippen LogP contribution in [-0.2, 0) is 6.54 Å². The van der Waals surface area contributed by atoms with Crippen LogP contribution in [0.15, 0.2) is 66.9 Å². The Morgan fingerprint density at radius 1 is 1.15 bits per heavy atom. The Morgan fingerprint density at radius 3 is 2.63 bits per heavy atom. The Morgan fingerprint density at radius 2 is 1.89 bits per heavy atom. The molecule has 1 N–H and O–H groups in total. The second-order valence-corrected chi connectivity index (χ2v) is 6.47. The molecule has 0 aliphatic carbocycles. The molecule has 0 radical (unpaired) electrons. The van der Waals surface area contributed by atoms with Gasteiger partial charge >= 0.3 is 6.03 Å². The quantitative estimate of drug-likeness (QED) is 0.666. The molecule has 0 saturated carbocycles. The normalized spacial score (nSPS) is 10.4. The smallest absolute Gasteiger partial charge is 0.322 e. The van der Waals surface area contributed by atoms with E-state index >= 15 is 0 Å². The molecule has 0 spiro atoms. The van der Waals surface area contributed by atoms with Crippen molar-refractivity contribution < 1.29 is 9.53 Å². The fourth-order valence-electron chi connectivity index (χ4n) is 2.42. The number of amides is 2. The monoisotopic (exact) mass is 384 g/mol. The summed E-state index contributed by atoms with van der Waals surface area (Å²) in [6, 6.07) is 18.7. The van der Waals surface area contributed by atoms with Gasteiger partial charge in [0.05, 0.1) is 13.1 Å². The van der Waals surface area contributed by atoms with Crippen molar-refractivity contribution in [1.82, 2.24) is 14.7 Å². The number of likely N-dealkylation sites (N-methyl/N-ethyl adjacent to an activating group) is 1. The Hall–Kier alpha value is -2.99. The fourth-order valence-corrected chi connectivity index (χ4v) is 2.55. The van der Waals surface area contributed by atoms with Crippen LogP contribution in [0.1, 0.15) is 5.56 Å². The molecule has 2 amide bonds. The van der Waals surface area contributed by atoms with E-state index in [2.05, 4.69) is 10.4 Å². The van der Waals surface area contributed by atoms with Gasteiger partial charge in [-0.2, -0.15) is 5.10 Å². The number of hydrogen-bond acceptors (Lipinski definition) is 3. The van der Waals surface area contributed by atoms with E-state index in [0.29, 0.717) is 36.3 Å². The third-order valence-electron chi connectivity index (χ3n) is 3.92. The molecule has 1 heterocycles. The number of anilines is 1. The summed E-state index contributed by atoms with van der Waals surface area (Å²) >= 11 is 5.84. The summed E-state index contributed by atoms with van der Waals surface area (Å²) in [5.41, 5.74) is 1.15. The van der Waals surface area contributed by atoms with Crippen LogP contribution in [0.5, 0.6) is 5.75 Å². The van der Waals surface area contributed by atoms with Crippen LogP contribution in [-0.4, -0.2) is 40.9 Å². The maximum atomic E-state index is 12.3. The number of benzene rings is 2. The Balaban J connectivity index is 1.44. The van der Waals surface area contributed by atoms with Crippen molar-refractivity contribution in [3.05, 3.63) is 77.4 Å². The lowest BCUT2D eigenvalue weighted by Gasteiger charge is -2.17. The second kappa shape index (κ2) is 9.09. The molecule has 0 bridgehead atoms. The Kier molecular flexibility index (Phi) is 6.33. The van der Waals surface area contributed by atoms with Crippen molar-refractivity contribution in [1.29, 1.82) is 0 Å². The molecule has 3 rings (SSSR count). The highest BCUT2D eigenvalue weighted by atomic mass is 35.5. The highest BCUT2D eigenvalue weighted by molar-refractivity contribution is 6.30. The van der Waals surface area contributed by atoms with Crippen LogP contribution in [0, 0.1) is 0 Å². The molecule has 0 fully saturated rings. The van der Waals surface area contributed by atoms with Crippen molar-refractivity contribution in [2.45, 2.75) is 6.54 Å². The minimum atomic E-state index is -0.236. The lowest BCUT2D eigenvalue weighted by atomic mass is 10.2. The molecule has 2 aromatic carbocycles. The van der Waals surface area contributed by atoms with Gasteiger partial charge in [0.15, 0.2) is 5.82 Å². The first-order valence-electron chi connectivity index (χ1n) is 8.58. The van der Waals surface area contributed by atoms with Gasteiger partial charge in [-0.05, 0) is 29.8 Å². The Labute approximate surface area is 163 Å². The maximum absolute atomic E-state index is 12.3. The minimum Gasteiger partial charge on any atom is -0.492 e. The standard InChI is InChI=1S/C20H21ClN4O2/c1-24(13-14-27-18-9-7-17(21)8-10-18)20(26)22-19-11-12-25(23-19)15-16-5-3-2-4-6-16/h2-12H,13-15H2,1H3,(H,22,23,26). The van der Waals surface area contributed by atoms with E-state index in [-0.39, 0.29) is 6.03 Å².